The van der Waals surface area contributed by atoms with Crippen LogP contribution in [0.4, 0.5) is 0 Å². The summed E-state index contributed by atoms with van der Waals surface area (Å²) in [5.41, 5.74) is 0.891. The van der Waals surface area contributed by atoms with Crippen LogP contribution in [0.3, 0.4) is 0 Å². The average Bonchev–Trinajstić information content (AvgIpc) is 2.76. The summed E-state index contributed by atoms with van der Waals surface area (Å²) in [4.78, 5) is 2.72. The molecule has 1 aliphatic heterocycles. The topological polar surface area (TPSA) is 15.3 Å². The van der Waals surface area contributed by atoms with E-state index in [1.54, 1.807) is 0 Å². The summed E-state index contributed by atoms with van der Waals surface area (Å²) in [5, 5.41) is 3.70. The van der Waals surface area contributed by atoms with E-state index in [1.165, 1.54) is 38.9 Å². The fourth-order valence-corrected chi connectivity index (χ4v) is 3.71. The molecule has 2 atom stereocenters. The lowest BCUT2D eigenvalue weighted by Crippen LogP contribution is -2.42. The molecule has 1 heterocycles. The van der Waals surface area contributed by atoms with E-state index >= 15 is 0 Å². The maximum absolute atomic E-state index is 3.70. The molecule has 21 heavy (non-hydrogen) atoms. The van der Waals surface area contributed by atoms with Crippen LogP contribution in [0, 0.1) is 22.7 Å². The number of nitrogens with one attached hydrogen (secondary N) is 1. The molecular formula is C19H40N2. The van der Waals surface area contributed by atoms with Gasteiger partial charge in [0.2, 0.25) is 0 Å². The molecule has 0 spiro atoms. The molecule has 2 unspecified atom stereocenters. The van der Waals surface area contributed by atoms with E-state index < -0.39 is 0 Å². The summed E-state index contributed by atoms with van der Waals surface area (Å²) in [6, 6.07) is 0. The maximum atomic E-state index is 3.70. The minimum Gasteiger partial charge on any atom is -0.316 e. The molecule has 0 aliphatic carbocycles. The number of hydrogen-bond donors (Lipinski definition) is 1. The normalized spacial score (nSPS) is 23.7. The Morgan fingerprint density at radius 2 is 1.86 bits per heavy atom. The molecule has 0 amide bonds. The smallest absolute Gasteiger partial charge is 0.00476 e. The number of likely N-dealkylation sites (tertiary alicyclic amines) is 1. The third kappa shape index (κ3) is 6.69. The summed E-state index contributed by atoms with van der Waals surface area (Å²) in [6.07, 6.45) is 4.00. The summed E-state index contributed by atoms with van der Waals surface area (Å²) in [7, 11) is 0. The molecule has 0 aromatic heterocycles. The van der Waals surface area contributed by atoms with Gasteiger partial charge in [-0.1, -0.05) is 54.9 Å². The molecule has 0 aromatic rings. The van der Waals surface area contributed by atoms with Crippen molar-refractivity contribution in [1.82, 2.24) is 10.2 Å². The van der Waals surface area contributed by atoms with Crippen molar-refractivity contribution in [3.63, 3.8) is 0 Å². The highest BCUT2D eigenvalue weighted by Crippen LogP contribution is 2.35. The van der Waals surface area contributed by atoms with Crippen LogP contribution in [0.5, 0.6) is 0 Å². The Bertz CT molecular complexity index is 292. The molecule has 0 saturated carbocycles. The monoisotopic (exact) mass is 296 g/mol. The zero-order chi connectivity index (χ0) is 16.1. The molecule has 0 aromatic carbocycles. The molecule has 0 bridgehead atoms. The molecule has 0 radical (unpaired) electrons. The van der Waals surface area contributed by atoms with E-state index in [4.69, 9.17) is 0 Å². The van der Waals surface area contributed by atoms with E-state index in [-0.39, 0.29) is 0 Å². The van der Waals surface area contributed by atoms with Crippen LogP contribution >= 0.6 is 0 Å². The van der Waals surface area contributed by atoms with Crippen molar-refractivity contribution < 1.29 is 0 Å². The van der Waals surface area contributed by atoms with E-state index in [0.29, 0.717) is 10.8 Å². The largest absolute Gasteiger partial charge is 0.316 e. The zero-order valence-corrected chi connectivity index (χ0v) is 15.8. The van der Waals surface area contributed by atoms with Crippen LogP contribution < -0.4 is 5.32 Å². The van der Waals surface area contributed by atoms with E-state index in [9.17, 15) is 0 Å². The molecule has 1 N–H and O–H groups in total. The molecule has 2 nitrogen and oxygen atoms in total. The number of nitrogens with zero attached hydrogens (tertiary/aromatic N) is 1. The van der Waals surface area contributed by atoms with Gasteiger partial charge in [0, 0.05) is 19.6 Å². The Hall–Kier alpha value is -0.0800. The highest BCUT2D eigenvalue weighted by molar-refractivity contribution is 4.88. The molecule has 1 rings (SSSR count). The highest BCUT2D eigenvalue weighted by atomic mass is 15.2. The van der Waals surface area contributed by atoms with Crippen LogP contribution in [-0.2, 0) is 0 Å². The van der Waals surface area contributed by atoms with Gasteiger partial charge in [-0.25, -0.2) is 0 Å². The lowest BCUT2D eigenvalue weighted by molar-refractivity contribution is 0.154. The van der Waals surface area contributed by atoms with Crippen molar-refractivity contribution in [1.29, 1.82) is 0 Å². The van der Waals surface area contributed by atoms with E-state index in [0.717, 1.165) is 24.9 Å². The lowest BCUT2D eigenvalue weighted by atomic mass is 9.80. The van der Waals surface area contributed by atoms with Gasteiger partial charge in [-0.3, -0.25) is 0 Å². The van der Waals surface area contributed by atoms with Crippen LogP contribution in [0.2, 0.25) is 0 Å². The Morgan fingerprint density at radius 3 is 2.33 bits per heavy atom. The second-order valence-electron chi connectivity index (χ2n) is 9.17. The van der Waals surface area contributed by atoms with Gasteiger partial charge < -0.3 is 10.2 Å². The Balaban J connectivity index is 2.50. The Morgan fingerprint density at radius 1 is 1.19 bits per heavy atom. The highest BCUT2D eigenvalue weighted by Gasteiger charge is 2.35. The number of hydrogen-bond acceptors (Lipinski definition) is 2. The van der Waals surface area contributed by atoms with Gasteiger partial charge in [-0.05, 0) is 48.6 Å². The first-order valence-electron chi connectivity index (χ1n) is 9.09. The molecule has 1 aliphatic rings. The van der Waals surface area contributed by atoms with Gasteiger partial charge in [0.1, 0.15) is 0 Å². The van der Waals surface area contributed by atoms with Crippen LogP contribution in [0.1, 0.15) is 67.7 Å². The minimum absolute atomic E-state index is 0.427. The van der Waals surface area contributed by atoms with E-state index in [2.05, 4.69) is 58.7 Å². The van der Waals surface area contributed by atoms with Crippen molar-refractivity contribution in [2.75, 3.05) is 32.7 Å². The Labute approximate surface area is 134 Å². The van der Waals surface area contributed by atoms with E-state index in [1.807, 2.05) is 0 Å². The number of rotatable bonds is 8. The predicted octanol–water partition coefficient (Wildman–Crippen LogP) is 4.41. The van der Waals surface area contributed by atoms with Crippen molar-refractivity contribution in [2.24, 2.45) is 22.7 Å². The first kappa shape index (κ1) is 19.0. The van der Waals surface area contributed by atoms with Crippen LogP contribution in [-0.4, -0.2) is 37.6 Å². The van der Waals surface area contributed by atoms with Gasteiger partial charge >= 0.3 is 0 Å². The summed E-state index contributed by atoms with van der Waals surface area (Å²) >= 11 is 0. The standard InChI is InChI=1S/C19H40N2/c1-8-10-19(7,14-20-12-16(2)3)15-21-11-9-17(13-21)18(4,5)6/h16-17,20H,8-15H2,1-7H3. The molecule has 1 fully saturated rings. The van der Waals surface area contributed by atoms with Crippen LogP contribution in [0.25, 0.3) is 0 Å². The molecular weight excluding hydrogens is 256 g/mol. The Kier molecular flexibility index (Phi) is 7.19. The SMILES string of the molecule is CCCC(C)(CNCC(C)C)CN1CCC(C(C)(C)C)C1. The molecule has 2 heteroatoms. The van der Waals surface area contributed by atoms with Crippen molar-refractivity contribution in [3.8, 4) is 0 Å². The fraction of sp³-hybridized carbons (Fsp3) is 1.00. The van der Waals surface area contributed by atoms with Crippen molar-refractivity contribution in [2.45, 2.75) is 67.7 Å². The van der Waals surface area contributed by atoms with Gasteiger partial charge in [0.05, 0.1) is 0 Å². The second-order valence-corrected chi connectivity index (χ2v) is 9.17. The fourth-order valence-electron chi connectivity index (χ4n) is 3.71. The van der Waals surface area contributed by atoms with Crippen LogP contribution in [0.15, 0.2) is 0 Å². The lowest BCUT2D eigenvalue weighted by Gasteiger charge is -2.35. The maximum Gasteiger partial charge on any atom is 0.00476 e. The van der Waals surface area contributed by atoms with Gasteiger partial charge in [0.15, 0.2) is 0 Å². The summed E-state index contributed by atoms with van der Waals surface area (Å²) in [5.74, 6) is 1.61. The third-order valence-electron chi connectivity index (χ3n) is 5.06. The molecule has 126 valence electrons. The first-order valence-corrected chi connectivity index (χ1v) is 9.09. The minimum atomic E-state index is 0.427. The first-order chi connectivity index (χ1) is 9.66. The van der Waals surface area contributed by atoms with Gasteiger partial charge in [-0.2, -0.15) is 0 Å². The summed E-state index contributed by atoms with van der Waals surface area (Å²) in [6.45, 7) is 22.7. The second kappa shape index (κ2) is 7.97. The predicted molar refractivity (Wildman–Crippen MR) is 94.7 cm³/mol. The quantitative estimate of drug-likeness (QED) is 0.714. The van der Waals surface area contributed by atoms with Crippen molar-refractivity contribution >= 4 is 0 Å². The summed E-state index contributed by atoms with van der Waals surface area (Å²) < 4.78 is 0. The average molecular weight is 297 g/mol. The van der Waals surface area contributed by atoms with Gasteiger partial charge in [0.25, 0.3) is 0 Å². The zero-order valence-electron chi connectivity index (χ0n) is 15.8. The van der Waals surface area contributed by atoms with Gasteiger partial charge in [-0.15, -0.1) is 0 Å². The van der Waals surface area contributed by atoms with Crippen molar-refractivity contribution in [3.05, 3.63) is 0 Å². The third-order valence-corrected chi connectivity index (χ3v) is 5.06. The molecule has 1 saturated heterocycles.